The first-order valence-corrected chi connectivity index (χ1v) is 5.05. The predicted molar refractivity (Wildman–Crippen MR) is 62.3 cm³/mol. The van der Waals surface area contributed by atoms with E-state index in [2.05, 4.69) is 9.72 Å². The third kappa shape index (κ3) is 1.84. The van der Waals surface area contributed by atoms with Crippen LogP contribution in [-0.2, 0) is 4.74 Å². The molecule has 82 valence electrons. The lowest BCUT2D eigenvalue weighted by atomic mass is 10.1. The van der Waals surface area contributed by atoms with Gasteiger partial charge < -0.3 is 9.72 Å². The average Bonchev–Trinajstić information content (AvgIpc) is 2.78. The number of hydrogen-bond donors (Lipinski definition) is 1. The number of hydrogen-bond acceptors (Lipinski definition) is 2. The Morgan fingerprint density at radius 3 is 2.62 bits per heavy atom. The maximum atomic E-state index is 11.3. The number of methoxy groups -OCH3 is 1. The summed E-state index contributed by atoms with van der Waals surface area (Å²) in [4.78, 5) is 14.3. The number of carbonyl (C=O) groups excluding carboxylic acids is 1. The Balaban J connectivity index is 2.39. The summed E-state index contributed by atoms with van der Waals surface area (Å²) in [6.45, 7) is 2.04. The number of ether oxygens (including phenoxy) is 1. The van der Waals surface area contributed by atoms with Gasteiger partial charge in [-0.15, -0.1) is 0 Å². The molecule has 0 unspecified atom stereocenters. The van der Waals surface area contributed by atoms with Gasteiger partial charge in [-0.05, 0) is 24.6 Å². The molecule has 2 rings (SSSR count). The molecule has 0 bridgehead atoms. The molecule has 3 nitrogen and oxygen atoms in total. The molecular weight excluding hydrogens is 202 g/mol. The van der Waals surface area contributed by atoms with E-state index >= 15 is 0 Å². The molecule has 0 fully saturated rings. The van der Waals surface area contributed by atoms with E-state index in [1.807, 2.05) is 37.3 Å². The van der Waals surface area contributed by atoms with Crippen LogP contribution in [0.5, 0.6) is 0 Å². The van der Waals surface area contributed by atoms with Crippen molar-refractivity contribution >= 4 is 5.97 Å². The standard InChI is InChI=1S/C13H13NO2/c1-9-5-3-4-6-10(9)11-7-8-12(14-11)13(15)16-2/h3-8,14H,1-2H3. The molecule has 0 saturated heterocycles. The Bertz CT molecular complexity index is 514. The zero-order valence-corrected chi connectivity index (χ0v) is 9.28. The number of esters is 1. The summed E-state index contributed by atoms with van der Waals surface area (Å²) in [5.74, 6) is -0.347. The normalized spacial score (nSPS) is 10.1. The minimum absolute atomic E-state index is 0.347. The lowest BCUT2D eigenvalue weighted by Crippen LogP contribution is -2.01. The minimum Gasteiger partial charge on any atom is -0.464 e. The lowest BCUT2D eigenvalue weighted by molar-refractivity contribution is 0.0595. The van der Waals surface area contributed by atoms with Gasteiger partial charge in [-0.3, -0.25) is 0 Å². The van der Waals surface area contributed by atoms with Crippen LogP contribution in [0, 0.1) is 6.92 Å². The number of rotatable bonds is 2. The minimum atomic E-state index is -0.347. The molecule has 1 aromatic heterocycles. The second kappa shape index (κ2) is 4.23. The fraction of sp³-hybridized carbons (Fsp3) is 0.154. The quantitative estimate of drug-likeness (QED) is 0.783. The molecule has 0 aliphatic heterocycles. The van der Waals surface area contributed by atoms with Crippen LogP contribution in [0.2, 0.25) is 0 Å². The van der Waals surface area contributed by atoms with E-state index in [1.165, 1.54) is 12.7 Å². The van der Waals surface area contributed by atoms with Gasteiger partial charge in [0.1, 0.15) is 5.69 Å². The highest BCUT2D eigenvalue weighted by molar-refractivity contribution is 5.88. The van der Waals surface area contributed by atoms with Crippen molar-refractivity contribution in [1.82, 2.24) is 4.98 Å². The molecule has 0 amide bonds. The Kier molecular flexibility index (Phi) is 2.77. The molecular formula is C13H13NO2. The van der Waals surface area contributed by atoms with Crippen LogP contribution in [0.25, 0.3) is 11.3 Å². The molecule has 2 aromatic rings. The van der Waals surface area contributed by atoms with Crippen molar-refractivity contribution in [3.05, 3.63) is 47.7 Å². The van der Waals surface area contributed by atoms with E-state index < -0.39 is 0 Å². The molecule has 0 atom stereocenters. The number of nitrogens with one attached hydrogen (secondary N) is 1. The highest BCUT2D eigenvalue weighted by atomic mass is 16.5. The largest absolute Gasteiger partial charge is 0.464 e. The number of carbonyl (C=O) groups is 1. The van der Waals surface area contributed by atoms with Gasteiger partial charge >= 0.3 is 5.97 Å². The highest BCUT2D eigenvalue weighted by Crippen LogP contribution is 2.22. The van der Waals surface area contributed by atoms with Gasteiger partial charge in [-0.2, -0.15) is 0 Å². The van der Waals surface area contributed by atoms with Gasteiger partial charge in [0, 0.05) is 11.3 Å². The molecule has 0 aliphatic carbocycles. The molecule has 0 spiro atoms. The van der Waals surface area contributed by atoms with Gasteiger partial charge in [-0.25, -0.2) is 4.79 Å². The molecule has 16 heavy (non-hydrogen) atoms. The summed E-state index contributed by atoms with van der Waals surface area (Å²) in [5.41, 5.74) is 3.66. The van der Waals surface area contributed by atoms with E-state index in [0.29, 0.717) is 5.69 Å². The molecule has 0 aliphatic rings. The molecule has 0 radical (unpaired) electrons. The summed E-state index contributed by atoms with van der Waals surface area (Å²) < 4.78 is 4.65. The topological polar surface area (TPSA) is 42.1 Å². The molecule has 3 heteroatoms. The molecule has 1 N–H and O–H groups in total. The highest BCUT2D eigenvalue weighted by Gasteiger charge is 2.09. The van der Waals surface area contributed by atoms with Gasteiger partial charge in [0.15, 0.2) is 0 Å². The zero-order chi connectivity index (χ0) is 11.5. The molecule has 1 aromatic carbocycles. The number of benzene rings is 1. The molecule has 1 heterocycles. The van der Waals surface area contributed by atoms with Crippen molar-refractivity contribution in [3.8, 4) is 11.3 Å². The fourth-order valence-corrected chi connectivity index (χ4v) is 1.66. The first-order chi connectivity index (χ1) is 7.72. The summed E-state index contributed by atoms with van der Waals surface area (Å²) in [7, 11) is 1.37. The smallest absolute Gasteiger partial charge is 0.354 e. The van der Waals surface area contributed by atoms with Crippen LogP contribution >= 0.6 is 0 Å². The number of aryl methyl sites for hydroxylation is 1. The Labute approximate surface area is 94.1 Å². The average molecular weight is 215 g/mol. The monoisotopic (exact) mass is 215 g/mol. The summed E-state index contributed by atoms with van der Waals surface area (Å²) >= 11 is 0. The summed E-state index contributed by atoms with van der Waals surface area (Å²) in [5, 5.41) is 0. The van der Waals surface area contributed by atoms with Crippen molar-refractivity contribution < 1.29 is 9.53 Å². The van der Waals surface area contributed by atoms with Crippen LogP contribution in [0.4, 0.5) is 0 Å². The second-order valence-corrected chi connectivity index (χ2v) is 3.59. The zero-order valence-electron chi connectivity index (χ0n) is 9.28. The van der Waals surface area contributed by atoms with Crippen LogP contribution in [0.3, 0.4) is 0 Å². The first-order valence-electron chi connectivity index (χ1n) is 5.05. The van der Waals surface area contributed by atoms with E-state index in [-0.39, 0.29) is 5.97 Å². The second-order valence-electron chi connectivity index (χ2n) is 3.59. The van der Waals surface area contributed by atoms with Crippen LogP contribution in [0.1, 0.15) is 16.1 Å². The third-order valence-electron chi connectivity index (χ3n) is 2.53. The van der Waals surface area contributed by atoms with E-state index in [0.717, 1.165) is 11.3 Å². The van der Waals surface area contributed by atoms with Crippen molar-refractivity contribution in [2.45, 2.75) is 6.92 Å². The van der Waals surface area contributed by atoms with Crippen molar-refractivity contribution in [2.24, 2.45) is 0 Å². The molecule has 0 saturated carbocycles. The lowest BCUT2D eigenvalue weighted by Gasteiger charge is -2.02. The third-order valence-corrected chi connectivity index (χ3v) is 2.53. The van der Waals surface area contributed by atoms with Crippen molar-refractivity contribution in [3.63, 3.8) is 0 Å². The van der Waals surface area contributed by atoms with E-state index in [1.54, 1.807) is 6.07 Å². The van der Waals surface area contributed by atoms with Gasteiger partial charge in [0.25, 0.3) is 0 Å². The van der Waals surface area contributed by atoms with E-state index in [9.17, 15) is 4.79 Å². The Morgan fingerprint density at radius 2 is 1.94 bits per heavy atom. The van der Waals surface area contributed by atoms with E-state index in [4.69, 9.17) is 0 Å². The SMILES string of the molecule is COC(=O)c1ccc(-c2ccccc2C)[nH]1. The van der Waals surface area contributed by atoms with Crippen molar-refractivity contribution in [1.29, 1.82) is 0 Å². The maximum absolute atomic E-state index is 11.3. The van der Waals surface area contributed by atoms with Crippen LogP contribution in [0.15, 0.2) is 36.4 Å². The van der Waals surface area contributed by atoms with Crippen LogP contribution in [-0.4, -0.2) is 18.1 Å². The number of H-pyrrole nitrogens is 1. The fourth-order valence-electron chi connectivity index (χ4n) is 1.66. The first kappa shape index (κ1) is 10.5. The maximum Gasteiger partial charge on any atom is 0.354 e. The Hall–Kier alpha value is -2.03. The van der Waals surface area contributed by atoms with Crippen molar-refractivity contribution in [2.75, 3.05) is 7.11 Å². The van der Waals surface area contributed by atoms with Gasteiger partial charge in [0.2, 0.25) is 0 Å². The predicted octanol–water partition coefficient (Wildman–Crippen LogP) is 2.78. The number of aromatic amines is 1. The summed E-state index contributed by atoms with van der Waals surface area (Å²) in [6.07, 6.45) is 0. The Morgan fingerprint density at radius 1 is 1.19 bits per heavy atom. The number of aromatic nitrogens is 1. The van der Waals surface area contributed by atoms with Gasteiger partial charge in [0.05, 0.1) is 7.11 Å². The van der Waals surface area contributed by atoms with Crippen LogP contribution < -0.4 is 0 Å². The van der Waals surface area contributed by atoms with Gasteiger partial charge in [-0.1, -0.05) is 24.3 Å². The summed E-state index contributed by atoms with van der Waals surface area (Å²) in [6, 6.07) is 11.6.